The van der Waals surface area contributed by atoms with Crippen LogP contribution < -0.4 is 4.90 Å². The number of benzene rings is 12. The molecule has 0 unspecified atom stereocenters. The molecule has 0 fully saturated rings. The summed E-state index contributed by atoms with van der Waals surface area (Å²) >= 11 is 0. The largest absolute Gasteiger partial charge is 0.455 e. The maximum atomic E-state index is 6.59. The molecule has 0 amide bonds. The Balaban J connectivity index is 0.870. The Morgan fingerprint density at radius 3 is 1.59 bits per heavy atom. The van der Waals surface area contributed by atoms with Crippen molar-refractivity contribution in [3.05, 3.63) is 255 Å². The highest BCUT2D eigenvalue weighted by Crippen LogP contribution is 2.43. The molecule has 0 radical (unpaired) electrons. The third kappa shape index (κ3) is 6.43. The molecule has 0 aliphatic rings. The van der Waals surface area contributed by atoms with Crippen molar-refractivity contribution >= 4 is 93.1 Å². The van der Waals surface area contributed by atoms with E-state index < -0.39 is 0 Å². The van der Waals surface area contributed by atoms with E-state index in [1.807, 2.05) is 0 Å². The summed E-state index contributed by atoms with van der Waals surface area (Å²) in [6, 6.07) is 92.5. The van der Waals surface area contributed by atoms with Crippen molar-refractivity contribution in [1.82, 2.24) is 4.57 Å². The van der Waals surface area contributed by atoms with Crippen LogP contribution in [0.1, 0.15) is 0 Å². The topological polar surface area (TPSA) is 21.3 Å². The summed E-state index contributed by atoms with van der Waals surface area (Å²) < 4.78 is 8.97. The number of hydrogen-bond acceptors (Lipinski definition) is 2. The van der Waals surface area contributed by atoms with E-state index in [0.29, 0.717) is 0 Å². The van der Waals surface area contributed by atoms with E-state index in [0.717, 1.165) is 77.9 Å². The summed E-state index contributed by atoms with van der Waals surface area (Å²) in [5.41, 5.74) is 15.5. The van der Waals surface area contributed by atoms with Crippen LogP contribution in [-0.4, -0.2) is 4.57 Å². The molecule has 3 nitrogen and oxygen atoms in total. The maximum Gasteiger partial charge on any atom is 0.143 e. The number of hydrogen-bond donors (Lipinski definition) is 0. The first-order chi connectivity index (χ1) is 34.2. The van der Waals surface area contributed by atoms with Crippen LogP contribution >= 0.6 is 0 Å². The predicted molar refractivity (Wildman–Crippen MR) is 292 cm³/mol. The van der Waals surface area contributed by atoms with Crippen LogP contribution in [-0.2, 0) is 0 Å². The first-order valence-electron chi connectivity index (χ1n) is 23.6. The molecule has 0 N–H and O–H groups in total. The zero-order chi connectivity index (χ0) is 45.4. The van der Waals surface area contributed by atoms with Crippen LogP contribution in [0.5, 0.6) is 0 Å². The van der Waals surface area contributed by atoms with Gasteiger partial charge in [-0.25, -0.2) is 0 Å². The molecular formula is C66H42N2O. The van der Waals surface area contributed by atoms with Crippen molar-refractivity contribution in [2.45, 2.75) is 0 Å². The Labute approximate surface area is 399 Å². The highest BCUT2D eigenvalue weighted by molar-refractivity contribution is 6.19. The molecule has 0 spiro atoms. The second kappa shape index (κ2) is 15.7. The van der Waals surface area contributed by atoms with Crippen molar-refractivity contribution in [1.29, 1.82) is 0 Å². The summed E-state index contributed by atoms with van der Waals surface area (Å²) in [6.45, 7) is 0. The molecule has 0 atom stereocenters. The quantitative estimate of drug-likeness (QED) is 0.149. The van der Waals surface area contributed by atoms with Gasteiger partial charge in [0.2, 0.25) is 0 Å². The molecule has 0 aliphatic heterocycles. The SMILES string of the molecule is c1cc(-c2ccc3c(ccc4ccccc43)c2)cc(N(c2ccc(-c3cccc(-n4c5ccccc5c5ccccc54)c3)cc2)c2ccc(-c3cccc4oc5c6ccccc6ccc5c34)cc2)c1. The number of fused-ring (bicyclic) bond motifs is 11. The van der Waals surface area contributed by atoms with E-state index in [2.05, 4.69) is 264 Å². The minimum absolute atomic E-state index is 0.893. The number of furan rings is 1. The maximum absolute atomic E-state index is 6.59. The highest BCUT2D eigenvalue weighted by atomic mass is 16.3. The van der Waals surface area contributed by atoms with Gasteiger partial charge in [0.15, 0.2) is 0 Å². The van der Waals surface area contributed by atoms with Gasteiger partial charge >= 0.3 is 0 Å². The van der Waals surface area contributed by atoms with Gasteiger partial charge in [0.05, 0.1) is 11.0 Å². The van der Waals surface area contributed by atoms with Crippen LogP contribution in [0.4, 0.5) is 17.1 Å². The lowest BCUT2D eigenvalue weighted by atomic mass is 9.97. The van der Waals surface area contributed by atoms with Crippen LogP contribution in [0.2, 0.25) is 0 Å². The molecule has 322 valence electrons. The Bertz CT molecular complexity index is 4260. The monoisotopic (exact) mass is 878 g/mol. The van der Waals surface area contributed by atoms with Gasteiger partial charge in [0.1, 0.15) is 11.2 Å². The van der Waals surface area contributed by atoms with Gasteiger partial charge in [-0.2, -0.15) is 0 Å². The van der Waals surface area contributed by atoms with Crippen molar-refractivity contribution in [3.8, 4) is 39.1 Å². The van der Waals surface area contributed by atoms with Crippen LogP contribution in [0, 0.1) is 0 Å². The average molecular weight is 879 g/mol. The van der Waals surface area contributed by atoms with E-state index in [9.17, 15) is 0 Å². The van der Waals surface area contributed by atoms with E-state index in [1.165, 1.54) is 54.3 Å². The smallest absolute Gasteiger partial charge is 0.143 e. The molecule has 0 aliphatic carbocycles. The standard InChI is InChI=1S/C66H42N2O/c1-3-18-55-44(12-1)26-27-50-40-49(33-38-56(50)55)48-15-10-16-53(42-48)67(52-36-30-46(31-37-52)57-22-11-25-64-65(57)61-39-32-45-13-2-4-19-58(45)66(61)69-64)51-34-28-43(29-35-51)47-14-9-17-54(41-47)68-62-23-7-5-20-59(62)60-21-6-8-24-63(60)68/h1-42H. The molecule has 14 aromatic rings. The zero-order valence-corrected chi connectivity index (χ0v) is 37.6. The lowest BCUT2D eigenvalue weighted by Crippen LogP contribution is -2.10. The van der Waals surface area contributed by atoms with Crippen molar-refractivity contribution in [3.63, 3.8) is 0 Å². The molecule has 2 aromatic heterocycles. The highest BCUT2D eigenvalue weighted by Gasteiger charge is 2.19. The molecule has 0 saturated heterocycles. The van der Waals surface area contributed by atoms with Gasteiger partial charge in [-0.1, -0.05) is 176 Å². The normalized spacial score (nSPS) is 11.8. The zero-order valence-electron chi connectivity index (χ0n) is 37.6. The predicted octanol–water partition coefficient (Wildman–Crippen LogP) is 18.6. The number of anilines is 3. The van der Waals surface area contributed by atoms with E-state index in [-0.39, 0.29) is 0 Å². The van der Waals surface area contributed by atoms with Gasteiger partial charge < -0.3 is 13.9 Å². The van der Waals surface area contributed by atoms with Gasteiger partial charge in [-0.3, -0.25) is 0 Å². The van der Waals surface area contributed by atoms with Gasteiger partial charge in [-0.15, -0.1) is 0 Å². The Morgan fingerprint density at radius 2 is 0.841 bits per heavy atom. The first-order valence-corrected chi connectivity index (χ1v) is 23.6. The first kappa shape index (κ1) is 39.0. The fourth-order valence-corrected chi connectivity index (χ4v) is 10.9. The number of para-hydroxylation sites is 2. The molecule has 69 heavy (non-hydrogen) atoms. The second-order valence-electron chi connectivity index (χ2n) is 18.1. The summed E-state index contributed by atoms with van der Waals surface area (Å²) in [5, 5.41) is 12.1. The molecule has 12 aromatic carbocycles. The number of rotatable bonds is 7. The number of nitrogens with zero attached hydrogens (tertiary/aromatic N) is 2. The van der Waals surface area contributed by atoms with E-state index >= 15 is 0 Å². The summed E-state index contributed by atoms with van der Waals surface area (Å²) in [5.74, 6) is 0. The van der Waals surface area contributed by atoms with Crippen LogP contribution in [0.3, 0.4) is 0 Å². The Morgan fingerprint density at radius 1 is 0.304 bits per heavy atom. The average Bonchev–Trinajstić information content (AvgIpc) is 3.98. The molecule has 2 heterocycles. The fraction of sp³-hybridized carbons (Fsp3) is 0. The van der Waals surface area contributed by atoms with E-state index in [1.54, 1.807) is 0 Å². The molecule has 0 saturated carbocycles. The molecular weight excluding hydrogens is 837 g/mol. The summed E-state index contributed by atoms with van der Waals surface area (Å²) in [6.07, 6.45) is 0. The second-order valence-corrected chi connectivity index (χ2v) is 18.1. The minimum Gasteiger partial charge on any atom is -0.455 e. The number of aromatic nitrogens is 1. The van der Waals surface area contributed by atoms with Gasteiger partial charge in [0, 0.05) is 49.7 Å². The molecule has 3 heteroatoms. The molecule has 0 bridgehead atoms. The fourth-order valence-electron chi connectivity index (χ4n) is 10.9. The Hall–Kier alpha value is -9.18. The van der Waals surface area contributed by atoms with Gasteiger partial charge in [-0.05, 0) is 139 Å². The molecule has 14 rings (SSSR count). The lowest BCUT2D eigenvalue weighted by Gasteiger charge is -2.26. The third-order valence-corrected chi connectivity index (χ3v) is 14.1. The van der Waals surface area contributed by atoms with Crippen molar-refractivity contribution in [2.75, 3.05) is 4.90 Å². The minimum atomic E-state index is 0.893. The third-order valence-electron chi connectivity index (χ3n) is 14.1. The Kier molecular flexibility index (Phi) is 8.90. The van der Waals surface area contributed by atoms with Crippen molar-refractivity contribution in [2.24, 2.45) is 0 Å². The summed E-state index contributed by atoms with van der Waals surface area (Å²) in [4.78, 5) is 2.38. The van der Waals surface area contributed by atoms with Crippen molar-refractivity contribution < 1.29 is 4.42 Å². The van der Waals surface area contributed by atoms with E-state index in [4.69, 9.17) is 4.42 Å². The lowest BCUT2D eigenvalue weighted by molar-refractivity contribution is 0.673. The summed E-state index contributed by atoms with van der Waals surface area (Å²) in [7, 11) is 0. The van der Waals surface area contributed by atoms with Gasteiger partial charge in [0.25, 0.3) is 0 Å². The van der Waals surface area contributed by atoms with Crippen LogP contribution in [0.15, 0.2) is 259 Å². The van der Waals surface area contributed by atoms with Crippen LogP contribution in [0.25, 0.3) is 115 Å².